The minimum absolute atomic E-state index is 0.564. The number of likely N-dealkylation sites (tertiary alicyclic amines) is 3. The summed E-state index contributed by atoms with van der Waals surface area (Å²) in [5, 5.41) is 0. The maximum absolute atomic E-state index is 2.81. The summed E-state index contributed by atoms with van der Waals surface area (Å²) >= 11 is 0. The Kier molecular flexibility index (Phi) is 4.98. The van der Waals surface area contributed by atoms with E-state index >= 15 is 0 Å². The van der Waals surface area contributed by atoms with Crippen molar-refractivity contribution in [2.75, 3.05) is 52.4 Å². The molecule has 0 atom stereocenters. The minimum Gasteiger partial charge on any atom is -0.303 e. The molecular weight excluding hydrogens is 318 g/mol. The molecule has 0 aromatic heterocycles. The third kappa shape index (κ3) is 4.00. The Labute approximate surface area is 162 Å². The van der Waals surface area contributed by atoms with Crippen LogP contribution in [0.25, 0.3) is 0 Å². The molecule has 4 fully saturated rings. The highest BCUT2D eigenvalue weighted by atomic mass is 15.3. The van der Waals surface area contributed by atoms with E-state index in [2.05, 4.69) is 49.3 Å². The van der Waals surface area contributed by atoms with Crippen molar-refractivity contribution in [3.63, 3.8) is 0 Å². The molecule has 3 heterocycles. The first-order chi connectivity index (χ1) is 12.2. The largest absolute Gasteiger partial charge is 0.303 e. The monoisotopic (exact) mass is 361 g/mol. The summed E-state index contributed by atoms with van der Waals surface area (Å²) in [5.41, 5.74) is 1.95. The smallest absolute Gasteiger partial charge is 0.0212 e. The van der Waals surface area contributed by atoms with Gasteiger partial charge >= 0.3 is 0 Å². The molecule has 4 rings (SSSR count). The van der Waals surface area contributed by atoms with E-state index in [0.29, 0.717) is 16.2 Å². The summed E-state index contributed by atoms with van der Waals surface area (Å²) < 4.78 is 0. The molecule has 1 saturated carbocycles. The molecule has 0 unspecified atom stereocenters. The first kappa shape index (κ1) is 19.2. The highest BCUT2D eigenvalue weighted by Crippen LogP contribution is 2.52. The van der Waals surface area contributed by atoms with Gasteiger partial charge in [0, 0.05) is 50.7 Å². The molecule has 0 bridgehead atoms. The Morgan fingerprint density at radius 3 is 1.88 bits per heavy atom. The minimum atomic E-state index is 0.564. The third-order valence-corrected chi connectivity index (χ3v) is 7.95. The predicted molar refractivity (Wildman–Crippen MR) is 110 cm³/mol. The first-order valence-corrected chi connectivity index (χ1v) is 11.4. The van der Waals surface area contributed by atoms with E-state index in [1.54, 1.807) is 0 Å². The van der Waals surface area contributed by atoms with E-state index in [4.69, 9.17) is 0 Å². The zero-order valence-electron chi connectivity index (χ0n) is 18.2. The van der Waals surface area contributed by atoms with E-state index in [9.17, 15) is 0 Å². The van der Waals surface area contributed by atoms with Gasteiger partial charge in [0.1, 0.15) is 0 Å². The molecule has 4 aliphatic rings. The lowest BCUT2D eigenvalue weighted by Crippen LogP contribution is -2.73. The van der Waals surface area contributed by atoms with E-state index in [-0.39, 0.29) is 0 Å². The fraction of sp³-hybridized carbons (Fsp3) is 1.00. The molecule has 1 aliphatic carbocycles. The number of rotatable bonds is 7. The van der Waals surface area contributed by atoms with Crippen LogP contribution in [-0.2, 0) is 0 Å². The average Bonchev–Trinajstić information content (AvgIpc) is 3.21. The van der Waals surface area contributed by atoms with Crippen molar-refractivity contribution in [1.82, 2.24) is 14.7 Å². The third-order valence-electron chi connectivity index (χ3n) is 7.95. The molecule has 0 amide bonds. The Morgan fingerprint density at radius 2 is 1.38 bits per heavy atom. The van der Waals surface area contributed by atoms with E-state index in [0.717, 1.165) is 12.0 Å². The molecule has 150 valence electrons. The fourth-order valence-electron chi connectivity index (χ4n) is 6.29. The van der Waals surface area contributed by atoms with E-state index in [1.165, 1.54) is 84.5 Å². The number of piperidine rings is 1. The van der Waals surface area contributed by atoms with Crippen molar-refractivity contribution in [2.45, 2.75) is 72.8 Å². The van der Waals surface area contributed by atoms with Gasteiger partial charge in [-0.3, -0.25) is 4.90 Å². The van der Waals surface area contributed by atoms with Gasteiger partial charge in [-0.05, 0) is 75.8 Å². The molecule has 3 saturated heterocycles. The zero-order valence-corrected chi connectivity index (χ0v) is 18.2. The highest BCUT2D eigenvalue weighted by Gasteiger charge is 2.53. The van der Waals surface area contributed by atoms with Gasteiger partial charge in [0.2, 0.25) is 0 Å². The topological polar surface area (TPSA) is 9.72 Å². The van der Waals surface area contributed by atoms with Crippen LogP contribution in [0.4, 0.5) is 0 Å². The summed E-state index contributed by atoms with van der Waals surface area (Å²) in [7, 11) is 0. The molecular formula is C23H43N3. The number of nitrogens with zero attached hydrogens (tertiary/aromatic N) is 3. The first-order valence-electron chi connectivity index (χ1n) is 11.4. The number of hydrogen-bond donors (Lipinski definition) is 0. The molecule has 1 spiro atoms. The second-order valence-electron chi connectivity index (χ2n) is 11.8. The lowest BCUT2D eigenvalue weighted by atomic mass is 9.70. The summed E-state index contributed by atoms with van der Waals surface area (Å²) in [6.07, 6.45) is 7.24. The second kappa shape index (κ2) is 6.74. The van der Waals surface area contributed by atoms with Gasteiger partial charge in [-0.1, -0.05) is 20.8 Å². The molecule has 3 nitrogen and oxygen atoms in total. The summed E-state index contributed by atoms with van der Waals surface area (Å²) in [5.74, 6) is 0.865. The van der Waals surface area contributed by atoms with Gasteiger partial charge in [0.25, 0.3) is 0 Å². The lowest BCUT2D eigenvalue weighted by molar-refractivity contribution is -0.137. The second-order valence-corrected chi connectivity index (χ2v) is 11.8. The maximum atomic E-state index is 2.81. The molecule has 0 N–H and O–H groups in total. The summed E-state index contributed by atoms with van der Waals surface area (Å²) in [6.45, 7) is 22.9. The standard InChI is InChI=1S/C23H43N3/c1-19(2)12-22(6-7-22)14-24-10-8-21(5,9-11-24)13-25-15-23(16-25)17-26(18-23)20(3)4/h19-20H,6-18H2,1-5H3. The van der Waals surface area contributed by atoms with Crippen molar-refractivity contribution in [3.05, 3.63) is 0 Å². The molecule has 3 heteroatoms. The predicted octanol–water partition coefficient (Wildman–Crippen LogP) is 3.94. The summed E-state index contributed by atoms with van der Waals surface area (Å²) in [4.78, 5) is 8.22. The Bertz CT molecular complexity index is 486. The van der Waals surface area contributed by atoms with E-state index in [1.807, 2.05) is 0 Å². The van der Waals surface area contributed by atoms with E-state index < -0.39 is 0 Å². The van der Waals surface area contributed by atoms with Crippen LogP contribution in [0.15, 0.2) is 0 Å². The van der Waals surface area contributed by atoms with Gasteiger partial charge < -0.3 is 9.80 Å². The Morgan fingerprint density at radius 1 is 0.769 bits per heavy atom. The van der Waals surface area contributed by atoms with Crippen LogP contribution in [0.3, 0.4) is 0 Å². The van der Waals surface area contributed by atoms with Crippen molar-refractivity contribution in [3.8, 4) is 0 Å². The highest BCUT2D eigenvalue weighted by molar-refractivity contribution is 5.07. The van der Waals surface area contributed by atoms with Gasteiger partial charge in [0.05, 0.1) is 0 Å². The molecule has 0 aromatic rings. The average molecular weight is 362 g/mol. The zero-order chi connectivity index (χ0) is 18.6. The molecule has 0 aromatic carbocycles. The van der Waals surface area contributed by atoms with Crippen molar-refractivity contribution >= 4 is 0 Å². The summed E-state index contributed by atoms with van der Waals surface area (Å²) in [6, 6.07) is 0.738. The van der Waals surface area contributed by atoms with Crippen LogP contribution in [0.5, 0.6) is 0 Å². The lowest BCUT2D eigenvalue weighted by Gasteiger charge is -2.63. The van der Waals surface area contributed by atoms with Crippen LogP contribution in [0, 0.1) is 22.2 Å². The van der Waals surface area contributed by atoms with Crippen molar-refractivity contribution in [2.24, 2.45) is 22.2 Å². The number of hydrogen-bond acceptors (Lipinski definition) is 3. The van der Waals surface area contributed by atoms with Gasteiger partial charge in [-0.15, -0.1) is 0 Å². The maximum Gasteiger partial charge on any atom is 0.0212 e. The van der Waals surface area contributed by atoms with Crippen molar-refractivity contribution < 1.29 is 0 Å². The molecule has 0 radical (unpaired) electrons. The van der Waals surface area contributed by atoms with Crippen LogP contribution >= 0.6 is 0 Å². The van der Waals surface area contributed by atoms with Crippen LogP contribution in [0.2, 0.25) is 0 Å². The normalized spacial score (nSPS) is 30.6. The van der Waals surface area contributed by atoms with Crippen LogP contribution in [-0.4, -0.2) is 73.1 Å². The Balaban J connectivity index is 1.18. The SMILES string of the molecule is CC(C)CC1(CN2CCC(C)(CN3CC4(C3)CN(C(C)C)C4)CC2)CC1. The van der Waals surface area contributed by atoms with Crippen LogP contribution in [0.1, 0.15) is 66.7 Å². The molecule has 3 aliphatic heterocycles. The van der Waals surface area contributed by atoms with Gasteiger partial charge in [-0.25, -0.2) is 0 Å². The quantitative estimate of drug-likeness (QED) is 0.680. The fourth-order valence-corrected chi connectivity index (χ4v) is 6.29. The van der Waals surface area contributed by atoms with Crippen LogP contribution < -0.4 is 0 Å². The van der Waals surface area contributed by atoms with Gasteiger partial charge in [-0.2, -0.15) is 0 Å². The van der Waals surface area contributed by atoms with Gasteiger partial charge in [0.15, 0.2) is 0 Å². The van der Waals surface area contributed by atoms with Crippen molar-refractivity contribution in [1.29, 1.82) is 0 Å². The Hall–Kier alpha value is -0.120. The molecule has 26 heavy (non-hydrogen) atoms.